The van der Waals surface area contributed by atoms with Crippen LogP contribution >= 0.6 is 0 Å². The van der Waals surface area contributed by atoms with E-state index in [1.165, 1.54) is 45.1 Å². The Balaban J connectivity index is 1.98. The van der Waals surface area contributed by atoms with Crippen LogP contribution in [0.3, 0.4) is 0 Å². The van der Waals surface area contributed by atoms with Gasteiger partial charge in [0.25, 0.3) is 0 Å². The van der Waals surface area contributed by atoms with Crippen LogP contribution in [-0.4, -0.2) is 12.6 Å². The zero-order valence-corrected chi connectivity index (χ0v) is 11.5. The van der Waals surface area contributed by atoms with Crippen molar-refractivity contribution in [3.8, 4) is 0 Å². The average Bonchev–Trinajstić information content (AvgIpc) is 2.84. The highest BCUT2D eigenvalue weighted by Gasteiger charge is 2.47. The smallest absolute Gasteiger partial charge is 0.0167 e. The molecule has 0 bridgehead atoms. The Morgan fingerprint density at radius 1 is 1.06 bits per heavy atom. The molecule has 98 valence electrons. The Labute approximate surface area is 111 Å². The molecule has 0 amide bonds. The number of hydrogen-bond donors (Lipinski definition) is 1. The molecule has 3 atom stereocenters. The van der Waals surface area contributed by atoms with E-state index in [0.717, 1.165) is 5.92 Å². The van der Waals surface area contributed by atoms with Gasteiger partial charge in [-0.15, -0.1) is 0 Å². The van der Waals surface area contributed by atoms with Crippen LogP contribution in [0.1, 0.15) is 51.0 Å². The number of nitrogens with one attached hydrogen (secondary N) is 1. The summed E-state index contributed by atoms with van der Waals surface area (Å²) in [6.45, 7) is 3.68. The first-order valence-corrected chi connectivity index (χ1v) is 7.63. The normalized spacial score (nSPS) is 36.7. The van der Waals surface area contributed by atoms with Gasteiger partial charge in [-0.3, -0.25) is 0 Å². The fourth-order valence-corrected chi connectivity index (χ4v) is 4.39. The van der Waals surface area contributed by atoms with Crippen molar-refractivity contribution < 1.29 is 0 Å². The standard InChI is InChI=1S/C17H25N/c1-14-8-7-12-17(14,15-9-3-2-4-10-15)16-11-5-6-13-18-16/h2-4,9-10,14,16,18H,5-8,11-13H2,1H3/t14-,16+,17-/m1/s1. The number of benzene rings is 1. The molecule has 1 aromatic carbocycles. The summed E-state index contributed by atoms with van der Waals surface area (Å²) in [5, 5.41) is 3.83. The van der Waals surface area contributed by atoms with Crippen molar-refractivity contribution in [2.45, 2.75) is 56.9 Å². The number of piperidine rings is 1. The van der Waals surface area contributed by atoms with Crippen molar-refractivity contribution in [1.29, 1.82) is 0 Å². The molecule has 1 N–H and O–H groups in total. The molecule has 0 unspecified atom stereocenters. The van der Waals surface area contributed by atoms with Gasteiger partial charge in [0, 0.05) is 11.5 Å². The molecule has 1 nitrogen and oxygen atoms in total. The van der Waals surface area contributed by atoms with Crippen molar-refractivity contribution in [1.82, 2.24) is 5.32 Å². The molecule has 1 heterocycles. The highest BCUT2D eigenvalue weighted by Crippen LogP contribution is 2.49. The van der Waals surface area contributed by atoms with Crippen LogP contribution in [0.15, 0.2) is 30.3 Å². The maximum absolute atomic E-state index is 3.83. The first kappa shape index (κ1) is 12.2. The third-order valence-corrected chi connectivity index (χ3v) is 5.35. The highest BCUT2D eigenvalue weighted by atomic mass is 14.9. The van der Waals surface area contributed by atoms with Gasteiger partial charge in [0.1, 0.15) is 0 Å². The molecule has 18 heavy (non-hydrogen) atoms. The van der Waals surface area contributed by atoms with Crippen LogP contribution in [0.2, 0.25) is 0 Å². The van der Waals surface area contributed by atoms with Gasteiger partial charge in [0.05, 0.1) is 0 Å². The van der Waals surface area contributed by atoms with Crippen LogP contribution in [0.25, 0.3) is 0 Å². The molecule has 0 spiro atoms. The zero-order valence-electron chi connectivity index (χ0n) is 11.5. The van der Waals surface area contributed by atoms with Crippen molar-refractivity contribution in [3.05, 3.63) is 35.9 Å². The predicted molar refractivity (Wildman–Crippen MR) is 76.8 cm³/mol. The van der Waals surface area contributed by atoms with Crippen LogP contribution in [0.5, 0.6) is 0 Å². The second-order valence-electron chi connectivity index (χ2n) is 6.20. The van der Waals surface area contributed by atoms with Crippen LogP contribution in [-0.2, 0) is 5.41 Å². The van der Waals surface area contributed by atoms with E-state index in [1.54, 1.807) is 5.56 Å². The maximum atomic E-state index is 3.83. The highest BCUT2D eigenvalue weighted by molar-refractivity contribution is 5.30. The van der Waals surface area contributed by atoms with Crippen molar-refractivity contribution >= 4 is 0 Å². The minimum Gasteiger partial charge on any atom is -0.313 e. The quantitative estimate of drug-likeness (QED) is 0.831. The summed E-state index contributed by atoms with van der Waals surface area (Å²) in [6.07, 6.45) is 8.28. The second-order valence-corrected chi connectivity index (χ2v) is 6.20. The van der Waals surface area contributed by atoms with E-state index in [9.17, 15) is 0 Å². The fraction of sp³-hybridized carbons (Fsp3) is 0.647. The third-order valence-electron chi connectivity index (χ3n) is 5.35. The molecule has 0 aromatic heterocycles. The lowest BCUT2D eigenvalue weighted by molar-refractivity contribution is 0.202. The van der Waals surface area contributed by atoms with E-state index in [2.05, 4.69) is 42.6 Å². The molecule has 2 fully saturated rings. The maximum Gasteiger partial charge on any atom is 0.0167 e. The largest absolute Gasteiger partial charge is 0.313 e. The summed E-state index contributed by atoms with van der Waals surface area (Å²) in [4.78, 5) is 0. The number of hydrogen-bond acceptors (Lipinski definition) is 1. The topological polar surface area (TPSA) is 12.0 Å². The predicted octanol–water partition coefficient (Wildman–Crippen LogP) is 3.89. The van der Waals surface area contributed by atoms with E-state index in [1.807, 2.05) is 0 Å². The molecule has 1 saturated carbocycles. The van der Waals surface area contributed by atoms with Gasteiger partial charge in [0.2, 0.25) is 0 Å². The van der Waals surface area contributed by atoms with Crippen LogP contribution in [0, 0.1) is 5.92 Å². The summed E-state index contributed by atoms with van der Waals surface area (Å²) in [5.74, 6) is 0.815. The van der Waals surface area contributed by atoms with Gasteiger partial charge in [-0.25, -0.2) is 0 Å². The monoisotopic (exact) mass is 243 g/mol. The summed E-state index contributed by atoms with van der Waals surface area (Å²) in [5.41, 5.74) is 1.98. The molecule has 1 aromatic rings. The van der Waals surface area contributed by atoms with E-state index >= 15 is 0 Å². The van der Waals surface area contributed by atoms with Crippen LogP contribution < -0.4 is 5.32 Å². The van der Waals surface area contributed by atoms with Gasteiger partial charge >= 0.3 is 0 Å². The van der Waals surface area contributed by atoms with E-state index in [0.29, 0.717) is 11.5 Å². The van der Waals surface area contributed by atoms with Gasteiger partial charge in [0.15, 0.2) is 0 Å². The Kier molecular flexibility index (Phi) is 3.43. The van der Waals surface area contributed by atoms with Gasteiger partial charge < -0.3 is 5.32 Å². The van der Waals surface area contributed by atoms with Gasteiger partial charge in [-0.1, -0.05) is 50.1 Å². The average molecular weight is 243 g/mol. The Morgan fingerprint density at radius 3 is 2.50 bits per heavy atom. The first-order valence-electron chi connectivity index (χ1n) is 7.63. The second kappa shape index (κ2) is 5.05. The van der Waals surface area contributed by atoms with Crippen molar-refractivity contribution in [2.75, 3.05) is 6.54 Å². The molecule has 0 radical (unpaired) electrons. The Morgan fingerprint density at radius 2 is 1.89 bits per heavy atom. The SMILES string of the molecule is C[C@@H]1CCC[C@@]1(c1ccccc1)[C@@H]1CCCCN1. The molecular weight excluding hydrogens is 218 g/mol. The molecule has 1 saturated heterocycles. The summed E-state index contributed by atoms with van der Waals surface area (Å²) >= 11 is 0. The minimum absolute atomic E-state index is 0.404. The minimum atomic E-state index is 0.404. The van der Waals surface area contributed by atoms with Crippen LogP contribution in [0.4, 0.5) is 0 Å². The Bertz CT molecular complexity index is 380. The number of rotatable bonds is 2. The summed E-state index contributed by atoms with van der Waals surface area (Å²) in [6, 6.07) is 12.0. The summed E-state index contributed by atoms with van der Waals surface area (Å²) in [7, 11) is 0. The third kappa shape index (κ3) is 1.89. The first-order chi connectivity index (χ1) is 8.84. The lowest BCUT2D eigenvalue weighted by atomic mass is 9.65. The van der Waals surface area contributed by atoms with E-state index < -0.39 is 0 Å². The molecule has 2 aliphatic rings. The fourth-order valence-electron chi connectivity index (χ4n) is 4.39. The van der Waals surface area contributed by atoms with E-state index in [4.69, 9.17) is 0 Å². The molecule has 3 rings (SSSR count). The van der Waals surface area contributed by atoms with Crippen molar-refractivity contribution in [2.24, 2.45) is 5.92 Å². The van der Waals surface area contributed by atoms with Gasteiger partial charge in [-0.05, 0) is 43.7 Å². The Hall–Kier alpha value is -0.820. The lowest BCUT2D eigenvalue weighted by Gasteiger charge is -2.44. The van der Waals surface area contributed by atoms with E-state index in [-0.39, 0.29) is 0 Å². The lowest BCUT2D eigenvalue weighted by Crippen LogP contribution is -2.52. The van der Waals surface area contributed by atoms with Gasteiger partial charge in [-0.2, -0.15) is 0 Å². The molecule has 1 aliphatic heterocycles. The van der Waals surface area contributed by atoms with Crippen molar-refractivity contribution in [3.63, 3.8) is 0 Å². The molecule has 1 aliphatic carbocycles. The molecular formula is C17H25N. The molecule has 1 heteroatoms. The zero-order chi connectivity index (χ0) is 12.4. The summed E-state index contributed by atoms with van der Waals surface area (Å²) < 4.78 is 0.